The van der Waals surface area contributed by atoms with Crippen molar-refractivity contribution in [1.82, 2.24) is 25.3 Å². The Morgan fingerprint density at radius 3 is 2.81 bits per heavy atom. The van der Waals surface area contributed by atoms with Gasteiger partial charge in [0.1, 0.15) is 12.2 Å². The van der Waals surface area contributed by atoms with Gasteiger partial charge in [0.2, 0.25) is 5.91 Å². The van der Waals surface area contributed by atoms with Crippen molar-refractivity contribution in [3.63, 3.8) is 0 Å². The highest BCUT2D eigenvalue weighted by Gasteiger charge is 2.22. The van der Waals surface area contributed by atoms with Crippen LogP contribution in [-0.2, 0) is 11.3 Å². The number of rotatable bonds is 6. The largest absolute Gasteiger partial charge is 0.476 e. The van der Waals surface area contributed by atoms with Crippen molar-refractivity contribution in [2.24, 2.45) is 0 Å². The number of pyridine rings is 1. The zero-order valence-corrected chi connectivity index (χ0v) is 11.5. The van der Waals surface area contributed by atoms with Crippen molar-refractivity contribution >= 4 is 11.9 Å². The lowest BCUT2D eigenvalue weighted by molar-refractivity contribution is -0.121. The van der Waals surface area contributed by atoms with Crippen molar-refractivity contribution < 1.29 is 14.7 Å². The van der Waals surface area contributed by atoms with Gasteiger partial charge in [-0.15, -0.1) is 5.10 Å². The number of hydrogen-bond acceptors (Lipinski definition) is 5. The van der Waals surface area contributed by atoms with Crippen LogP contribution in [0.5, 0.6) is 0 Å². The number of amides is 1. The molecule has 8 nitrogen and oxygen atoms in total. The van der Waals surface area contributed by atoms with Crippen molar-refractivity contribution in [2.45, 2.75) is 19.9 Å². The Morgan fingerprint density at radius 1 is 1.38 bits per heavy atom. The van der Waals surface area contributed by atoms with Crippen LogP contribution in [0.25, 0.3) is 11.4 Å². The van der Waals surface area contributed by atoms with Crippen LogP contribution in [0, 0.1) is 0 Å². The van der Waals surface area contributed by atoms with Crippen LogP contribution in [0.3, 0.4) is 0 Å². The third kappa shape index (κ3) is 3.41. The van der Waals surface area contributed by atoms with E-state index in [-0.39, 0.29) is 23.8 Å². The molecule has 2 N–H and O–H groups in total. The van der Waals surface area contributed by atoms with Gasteiger partial charge in [-0.3, -0.25) is 9.78 Å². The molecule has 0 aliphatic heterocycles. The van der Waals surface area contributed by atoms with Crippen LogP contribution in [0.1, 0.15) is 23.8 Å². The van der Waals surface area contributed by atoms with Crippen LogP contribution in [-0.4, -0.2) is 43.5 Å². The van der Waals surface area contributed by atoms with E-state index in [0.717, 1.165) is 6.42 Å². The standard InChI is InChI=1S/C13H15N5O3/c1-2-6-15-10(19)8-18-12(9-5-3-4-7-14-9)11(13(20)21)16-17-18/h3-5,7H,2,6,8H2,1H3,(H,15,19)(H,20,21). The summed E-state index contributed by atoms with van der Waals surface area (Å²) in [5, 5.41) is 19.2. The van der Waals surface area contributed by atoms with Gasteiger partial charge in [-0.2, -0.15) is 0 Å². The summed E-state index contributed by atoms with van der Waals surface area (Å²) in [6.07, 6.45) is 2.35. The topological polar surface area (TPSA) is 110 Å². The van der Waals surface area contributed by atoms with Crippen LogP contribution in [0.2, 0.25) is 0 Å². The minimum Gasteiger partial charge on any atom is -0.476 e. The molecule has 0 aromatic carbocycles. The van der Waals surface area contributed by atoms with E-state index in [9.17, 15) is 14.7 Å². The zero-order chi connectivity index (χ0) is 15.2. The number of carbonyl (C=O) groups excluding carboxylic acids is 1. The second-order valence-corrected chi connectivity index (χ2v) is 4.31. The number of hydrogen-bond donors (Lipinski definition) is 2. The molecule has 0 bridgehead atoms. The number of nitrogens with one attached hydrogen (secondary N) is 1. The van der Waals surface area contributed by atoms with Gasteiger partial charge in [0.15, 0.2) is 5.69 Å². The first kappa shape index (κ1) is 14.6. The smallest absolute Gasteiger partial charge is 0.358 e. The zero-order valence-electron chi connectivity index (χ0n) is 11.5. The minimum atomic E-state index is -1.21. The van der Waals surface area contributed by atoms with E-state index < -0.39 is 5.97 Å². The first-order valence-corrected chi connectivity index (χ1v) is 6.48. The lowest BCUT2D eigenvalue weighted by Crippen LogP contribution is -2.29. The molecule has 2 rings (SSSR count). The van der Waals surface area contributed by atoms with Crippen molar-refractivity contribution in [3.05, 3.63) is 30.1 Å². The maximum Gasteiger partial charge on any atom is 0.358 e. The molecule has 0 radical (unpaired) electrons. The summed E-state index contributed by atoms with van der Waals surface area (Å²) in [4.78, 5) is 27.1. The first-order chi connectivity index (χ1) is 10.1. The maximum absolute atomic E-state index is 11.8. The fraction of sp³-hybridized carbons (Fsp3) is 0.308. The van der Waals surface area contributed by atoms with Crippen molar-refractivity contribution in [3.8, 4) is 11.4 Å². The molecule has 0 unspecified atom stereocenters. The van der Waals surface area contributed by atoms with Gasteiger partial charge in [-0.25, -0.2) is 9.48 Å². The molecular weight excluding hydrogens is 274 g/mol. The van der Waals surface area contributed by atoms with Crippen LogP contribution in [0.4, 0.5) is 0 Å². The van der Waals surface area contributed by atoms with Crippen LogP contribution < -0.4 is 5.32 Å². The number of carbonyl (C=O) groups is 2. The highest BCUT2D eigenvalue weighted by molar-refractivity contribution is 5.92. The van der Waals surface area contributed by atoms with Crippen molar-refractivity contribution in [1.29, 1.82) is 0 Å². The first-order valence-electron chi connectivity index (χ1n) is 6.48. The number of aromatic nitrogens is 4. The van der Waals surface area contributed by atoms with Crippen molar-refractivity contribution in [2.75, 3.05) is 6.54 Å². The van der Waals surface area contributed by atoms with E-state index in [4.69, 9.17) is 0 Å². The lowest BCUT2D eigenvalue weighted by atomic mass is 10.2. The Morgan fingerprint density at radius 2 is 2.19 bits per heavy atom. The van der Waals surface area contributed by atoms with E-state index in [1.807, 2.05) is 6.92 Å². The average molecular weight is 289 g/mol. The molecule has 2 aromatic heterocycles. The Labute approximate surface area is 120 Å². The van der Waals surface area contributed by atoms with Gasteiger partial charge in [-0.05, 0) is 18.6 Å². The van der Waals surface area contributed by atoms with E-state index >= 15 is 0 Å². The number of nitrogens with zero attached hydrogens (tertiary/aromatic N) is 4. The monoisotopic (exact) mass is 289 g/mol. The van der Waals surface area contributed by atoms with Gasteiger partial charge in [0.25, 0.3) is 0 Å². The molecule has 110 valence electrons. The highest BCUT2D eigenvalue weighted by Crippen LogP contribution is 2.19. The second-order valence-electron chi connectivity index (χ2n) is 4.31. The molecular formula is C13H15N5O3. The predicted molar refractivity (Wildman–Crippen MR) is 73.5 cm³/mol. The third-order valence-corrected chi connectivity index (χ3v) is 2.71. The molecule has 0 spiro atoms. The summed E-state index contributed by atoms with van der Waals surface area (Å²) < 4.78 is 1.25. The fourth-order valence-electron chi connectivity index (χ4n) is 1.78. The molecule has 2 heterocycles. The Hall–Kier alpha value is -2.77. The number of carboxylic acid groups (broad SMARTS) is 1. The quantitative estimate of drug-likeness (QED) is 0.804. The second kappa shape index (κ2) is 6.60. The Bertz CT molecular complexity index is 639. The molecule has 0 saturated heterocycles. The predicted octanol–water partition coefficient (Wildman–Crippen LogP) is 0.564. The fourth-order valence-corrected chi connectivity index (χ4v) is 1.78. The lowest BCUT2D eigenvalue weighted by Gasteiger charge is -2.07. The summed E-state index contributed by atoms with van der Waals surface area (Å²) in [7, 11) is 0. The molecule has 1 amide bonds. The number of carboxylic acids is 1. The molecule has 0 fully saturated rings. The molecule has 0 atom stereocenters. The number of aromatic carboxylic acids is 1. The van der Waals surface area contributed by atoms with E-state index in [1.165, 1.54) is 10.9 Å². The molecule has 21 heavy (non-hydrogen) atoms. The third-order valence-electron chi connectivity index (χ3n) is 2.71. The van der Waals surface area contributed by atoms with E-state index in [0.29, 0.717) is 12.2 Å². The van der Waals surface area contributed by atoms with E-state index in [2.05, 4.69) is 20.6 Å². The van der Waals surface area contributed by atoms with Crippen LogP contribution in [0.15, 0.2) is 24.4 Å². The molecule has 0 aliphatic rings. The Kier molecular flexibility index (Phi) is 4.60. The Balaban J connectivity index is 2.34. The summed E-state index contributed by atoms with van der Waals surface area (Å²) in [6.45, 7) is 2.39. The molecule has 8 heteroatoms. The minimum absolute atomic E-state index is 0.105. The van der Waals surface area contributed by atoms with Gasteiger partial charge in [-0.1, -0.05) is 18.2 Å². The molecule has 0 aliphatic carbocycles. The summed E-state index contributed by atoms with van der Waals surface area (Å²) in [5.74, 6) is -1.47. The summed E-state index contributed by atoms with van der Waals surface area (Å²) >= 11 is 0. The maximum atomic E-state index is 11.8. The molecule has 2 aromatic rings. The van der Waals surface area contributed by atoms with Gasteiger partial charge in [0.05, 0.1) is 5.69 Å². The van der Waals surface area contributed by atoms with Crippen LogP contribution >= 0.6 is 0 Å². The normalized spacial score (nSPS) is 10.3. The van der Waals surface area contributed by atoms with Gasteiger partial charge >= 0.3 is 5.97 Å². The summed E-state index contributed by atoms with van der Waals surface area (Å²) in [6, 6.07) is 5.08. The summed E-state index contributed by atoms with van der Waals surface area (Å²) in [5.41, 5.74) is 0.398. The van der Waals surface area contributed by atoms with Gasteiger partial charge in [0, 0.05) is 12.7 Å². The van der Waals surface area contributed by atoms with Gasteiger partial charge < -0.3 is 10.4 Å². The van der Waals surface area contributed by atoms with E-state index in [1.54, 1.807) is 18.2 Å². The molecule has 0 saturated carbocycles. The average Bonchev–Trinajstić information content (AvgIpc) is 2.89. The SMILES string of the molecule is CCCNC(=O)Cn1nnc(C(=O)O)c1-c1ccccn1. The highest BCUT2D eigenvalue weighted by atomic mass is 16.4.